The largest absolute Gasteiger partial charge is 0.467 e. The monoisotopic (exact) mass is 287 g/mol. The van der Waals surface area contributed by atoms with Gasteiger partial charge in [-0.15, -0.1) is 0 Å². The van der Waals surface area contributed by atoms with Crippen LogP contribution in [-0.4, -0.2) is 28.9 Å². The summed E-state index contributed by atoms with van der Waals surface area (Å²) < 4.78 is 6.66. The van der Waals surface area contributed by atoms with Crippen LogP contribution in [0.2, 0.25) is 0 Å². The van der Waals surface area contributed by atoms with Gasteiger partial charge in [0.15, 0.2) is 0 Å². The summed E-state index contributed by atoms with van der Waals surface area (Å²) >= 11 is 0. The van der Waals surface area contributed by atoms with Crippen LogP contribution in [-0.2, 0) is 16.1 Å². The number of aromatic nitrogens is 2. The molecular weight excluding hydrogens is 266 g/mol. The van der Waals surface area contributed by atoms with Crippen molar-refractivity contribution in [2.45, 2.75) is 26.4 Å². The molecule has 1 unspecified atom stereocenters. The Labute approximate surface area is 124 Å². The average molecular weight is 287 g/mol. The molecule has 1 heterocycles. The van der Waals surface area contributed by atoms with Gasteiger partial charge in [-0.05, 0) is 11.5 Å². The number of carbonyl (C=O) groups is 1. The van der Waals surface area contributed by atoms with Crippen LogP contribution < -0.4 is 5.32 Å². The lowest BCUT2D eigenvalue weighted by molar-refractivity contribution is -0.142. The van der Waals surface area contributed by atoms with Crippen LogP contribution in [0.25, 0.3) is 0 Å². The highest BCUT2D eigenvalue weighted by Crippen LogP contribution is 2.14. The summed E-state index contributed by atoms with van der Waals surface area (Å²) in [5.74, 6) is -0.129. The zero-order valence-corrected chi connectivity index (χ0v) is 12.6. The maximum absolute atomic E-state index is 11.7. The smallest absolute Gasteiger partial charge is 0.328 e. The number of carbonyl (C=O) groups excluding carboxylic acids is 1. The highest BCUT2D eigenvalue weighted by molar-refractivity contribution is 5.79. The van der Waals surface area contributed by atoms with Gasteiger partial charge >= 0.3 is 5.97 Å². The fourth-order valence-electron chi connectivity index (χ4n) is 2.10. The molecule has 5 nitrogen and oxygen atoms in total. The van der Waals surface area contributed by atoms with Gasteiger partial charge in [0.05, 0.1) is 25.5 Å². The van der Waals surface area contributed by atoms with Crippen LogP contribution in [0, 0.1) is 5.92 Å². The van der Waals surface area contributed by atoms with Crippen molar-refractivity contribution in [3.8, 4) is 0 Å². The average Bonchev–Trinajstić information content (AvgIpc) is 2.92. The molecular formula is C16H21N3O2. The molecule has 2 aromatic rings. The molecule has 0 spiro atoms. The molecule has 0 radical (unpaired) electrons. The molecule has 1 N–H and O–H groups in total. The van der Waals surface area contributed by atoms with Crippen LogP contribution in [0.1, 0.15) is 19.4 Å². The van der Waals surface area contributed by atoms with Gasteiger partial charge < -0.3 is 10.1 Å². The minimum Gasteiger partial charge on any atom is -0.467 e. The molecule has 0 fully saturated rings. The molecule has 0 aliphatic carbocycles. The first-order chi connectivity index (χ1) is 10.1. The number of hydrogen-bond donors (Lipinski definition) is 1. The van der Waals surface area contributed by atoms with Crippen molar-refractivity contribution in [2.75, 3.05) is 12.4 Å². The standard InChI is InChI=1S/C16H21N3O2/c1-12(2)15(16(20)21-3)18-14-9-17-19(11-14)10-13-7-5-4-6-8-13/h4-9,11-12,15,18H,10H2,1-3H3. The van der Waals surface area contributed by atoms with Gasteiger partial charge in [-0.2, -0.15) is 5.10 Å². The number of benzene rings is 1. The maximum Gasteiger partial charge on any atom is 0.328 e. The van der Waals surface area contributed by atoms with E-state index in [1.807, 2.05) is 42.9 Å². The molecule has 0 saturated carbocycles. The summed E-state index contributed by atoms with van der Waals surface area (Å²) in [5, 5.41) is 7.49. The van der Waals surface area contributed by atoms with Gasteiger partial charge in [0.25, 0.3) is 0 Å². The lowest BCUT2D eigenvalue weighted by Gasteiger charge is -2.19. The molecule has 0 amide bonds. The van der Waals surface area contributed by atoms with Crippen molar-refractivity contribution >= 4 is 11.7 Å². The summed E-state index contributed by atoms with van der Waals surface area (Å²) in [6, 6.07) is 9.74. The van der Waals surface area contributed by atoms with Crippen molar-refractivity contribution in [1.82, 2.24) is 9.78 Å². The van der Waals surface area contributed by atoms with Gasteiger partial charge in [0.1, 0.15) is 6.04 Å². The zero-order chi connectivity index (χ0) is 15.2. The summed E-state index contributed by atoms with van der Waals surface area (Å²) in [6.45, 7) is 4.65. The van der Waals surface area contributed by atoms with Crippen LogP contribution in [0.15, 0.2) is 42.7 Å². The van der Waals surface area contributed by atoms with E-state index in [2.05, 4.69) is 22.5 Å². The Morgan fingerprint density at radius 1 is 1.33 bits per heavy atom. The molecule has 0 saturated heterocycles. The second-order valence-corrected chi connectivity index (χ2v) is 5.30. The number of esters is 1. The quantitative estimate of drug-likeness (QED) is 0.830. The predicted molar refractivity (Wildman–Crippen MR) is 82.0 cm³/mol. The SMILES string of the molecule is COC(=O)C(Nc1cnn(Cc2ccccc2)c1)C(C)C. The molecule has 0 bridgehead atoms. The van der Waals surface area contributed by atoms with E-state index in [0.29, 0.717) is 6.54 Å². The number of nitrogens with zero attached hydrogens (tertiary/aromatic N) is 2. The van der Waals surface area contributed by atoms with Gasteiger partial charge in [0, 0.05) is 6.20 Å². The van der Waals surface area contributed by atoms with E-state index in [0.717, 1.165) is 5.69 Å². The summed E-state index contributed by atoms with van der Waals surface area (Å²) in [7, 11) is 1.40. The Morgan fingerprint density at radius 3 is 2.67 bits per heavy atom. The molecule has 2 rings (SSSR count). The Hall–Kier alpha value is -2.30. The zero-order valence-electron chi connectivity index (χ0n) is 12.6. The van der Waals surface area contributed by atoms with Crippen molar-refractivity contribution in [1.29, 1.82) is 0 Å². The number of rotatable bonds is 6. The molecule has 0 aliphatic rings. The van der Waals surface area contributed by atoms with Crippen LogP contribution in [0.3, 0.4) is 0 Å². The number of methoxy groups -OCH3 is 1. The van der Waals surface area contributed by atoms with Crippen LogP contribution >= 0.6 is 0 Å². The minimum absolute atomic E-state index is 0.134. The van der Waals surface area contributed by atoms with Crippen LogP contribution in [0.4, 0.5) is 5.69 Å². The van der Waals surface area contributed by atoms with Crippen LogP contribution in [0.5, 0.6) is 0 Å². The summed E-state index contributed by atoms with van der Waals surface area (Å²) in [4.78, 5) is 11.7. The molecule has 1 aromatic heterocycles. The predicted octanol–water partition coefficient (Wildman–Crippen LogP) is 2.54. The summed E-state index contributed by atoms with van der Waals surface area (Å²) in [5.41, 5.74) is 2.00. The molecule has 21 heavy (non-hydrogen) atoms. The van der Waals surface area contributed by atoms with Gasteiger partial charge in [-0.3, -0.25) is 4.68 Å². The Morgan fingerprint density at radius 2 is 2.05 bits per heavy atom. The lowest BCUT2D eigenvalue weighted by atomic mass is 10.0. The second kappa shape index (κ2) is 6.92. The third kappa shape index (κ3) is 4.08. The fourth-order valence-corrected chi connectivity index (χ4v) is 2.10. The fraction of sp³-hybridized carbons (Fsp3) is 0.375. The molecule has 5 heteroatoms. The maximum atomic E-state index is 11.7. The first-order valence-electron chi connectivity index (χ1n) is 7.01. The summed E-state index contributed by atoms with van der Waals surface area (Å²) in [6.07, 6.45) is 3.62. The highest BCUT2D eigenvalue weighted by atomic mass is 16.5. The Balaban J connectivity index is 2.04. The Kier molecular flexibility index (Phi) is 4.98. The highest BCUT2D eigenvalue weighted by Gasteiger charge is 2.23. The number of nitrogens with one attached hydrogen (secondary N) is 1. The van der Waals surface area contributed by atoms with E-state index < -0.39 is 0 Å². The van der Waals surface area contributed by atoms with E-state index in [1.54, 1.807) is 6.20 Å². The van der Waals surface area contributed by atoms with E-state index in [-0.39, 0.29) is 17.9 Å². The molecule has 0 aliphatic heterocycles. The number of ether oxygens (including phenoxy) is 1. The Bertz CT molecular complexity index is 578. The van der Waals surface area contributed by atoms with E-state index in [9.17, 15) is 4.79 Å². The van der Waals surface area contributed by atoms with Crippen molar-refractivity contribution in [3.63, 3.8) is 0 Å². The normalized spacial score (nSPS) is 12.2. The van der Waals surface area contributed by atoms with E-state index in [1.165, 1.54) is 12.7 Å². The minimum atomic E-state index is -0.371. The first kappa shape index (κ1) is 15.1. The van der Waals surface area contributed by atoms with Gasteiger partial charge in [0.2, 0.25) is 0 Å². The second-order valence-electron chi connectivity index (χ2n) is 5.30. The topological polar surface area (TPSA) is 56.1 Å². The third-order valence-electron chi connectivity index (χ3n) is 3.26. The van der Waals surface area contributed by atoms with Crippen molar-refractivity contribution in [2.24, 2.45) is 5.92 Å². The van der Waals surface area contributed by atoms with E-state index >= 15 is 0 Å². The van der Waals surface area contributed by atoms with Gasteiger partial charge in [-0.1, -0.05) is 44.2 Å². The van der Waals surface area contributed by atoms with Crippen molar-refractivity contribution < 1.29 is 9.53 Å². The third-order valence-corrected chi connectivity index (χ3v) is 3.26. The lowest BCUT2D eigenvalue weighted by Crippen LogP contribution is -2.35. The van der Waals surface area contributed by atoms with Crippen molar-refractivity contribution in [3.05, 3.63) is 48.3 Å². The number of anilines is 1. The van der Waals surface area contributed by atoms with E-state index in [4.69, 9.17) is 4.74 Å². The molecule has 112 valence electrons. The number of hydrogen-bond acceptors (Lipinski definition) is 4. The molecule has 1 aromatic carbocycles. The molecule has 1 atom stereocenters. The van der Waals surface area contributed by atoms with Gasteiger partial charge in [-0.25, -0.2) is 4.79 Å². The first-order valence-corrected chi connectivity index (χ1v) is 7.01.